The number of rotatable bonds is 10. The van der Waals surface area contributed by atoms with Gasteiger partial charge in [-0.05, 0) is 31.5 Å². The molecule has 0 bridgehead atoms. The zero-order valence-electron chi connectivity index (χ0n) is 14.9. The van der Waals surface area contributed by atoms with Crippen LogP contribution in [0.2, 0.25) is 0 Å². The average molecular weight is 366 g/mol. The van der Waals surface area contributed by atoms with Crippen LogP contribution < -0.4 is 15.4 Å². The maximum Gasteiger partial charge on any atom is 0.224 e. The third-order valence-electron chi connectivity index (χ3n) is 3.31. The Kier molecular flexibility index (Phi) is 11.4. The van der Waals surface area contributed by atoms with Gasteiger partial charge in [-0.1, -0.05) is 20.8 Å². The van der Waals surface area contributed by atoms with Crippen molar-refractivity contribution in [3.05, 3.63) is 23.8 Å². The van der Waals surface area contributed by atoms with Crippen LogP contribution in [0.3, 0.4) is 0 Å². The van der Waals surface area contributed by atoms with Crippen molar-refractivity contribution < 1.29 is 19.4 Å². The fourth-order valence-corrected chi connectivity index (χ4v) is 2.08. The zero-order chi connectivity index (χ0) is 18.1. The van der Waals surface area contributed by atoms with Crippen LogP contribution in [0.15, 0.2) is 18.2 Å². The molecule has 1 aromatic carbocycles. The maximum atomic E-state index is 11.8. The van der Waals surface area contributed by atoms with E-state index in [1.807, 2.05) is 20.8 Å². The van der Waals surface area contributed by atoms with Crippen LogP contribution in [-0.2, 0) is 4.79 Å². The fraction of sp³-hybridized carbons (Fsp3) is 0.556. The first-order chi connectivity index (χ1) is 11.3. The normalized spacial score (nSPS) is 11.6. The van der Waals surface area contributed by atoms with Gasteiger partial charge in [-0.2, -0.15) is 0 Å². The molecule has 7 heteroatoms. The minimum Gasteiger partial charge on any atom is -0.490 e. The van der Waals surface area contributed by atoms with E-state index in [1.54, 1.807) is 18.2 Å². The Hall–Kier alpha value is -1.39. The van der Waals surface area contributed by atoms with Crippen molar-refractivity contribution in [3.63, 3.8) is 0 Å². The number of hydrogen-bond acceptors (Lipinski definition) is 5. The predicted octanol–water partition coefficient (Wildman–Crippen LogP) is 1.18. The summed E-state index contributed by atoms with van der Waals surface area (Å²) in [5, 5.41) is 15.8. The third-order valence-corrected chi connectivity index (χ3v) is 3.31. The number of carbonyl (C=O) groups excluding carboxylic acids is 2. The fourth-order valence-electron chi connectivity index (χ4n) is 2.08. The molecule has 0 aliphatic carbocycles. The zero-order valence-corrected chi connectivity index (χ0v) is 14.9. The Morgan fingerprint density at radius 3 is 2.52 bits per heavy atom. The van der Waals surface area contributed by atoms with Gasteiger partial charge in [0.1, 0.15) is 18.5 Å². The lowest BCUT2D eigenvalue weighted by Gasteiger charge is -2.17. The van der Waals surface area contributed by atoms with E-state index >= 15 is 0 Å². The van der Waals surface area contributed by atoms with E-state index in [-0.39, 0.29) is 41.7 Å². The average Bonchev–Trinajstić information content (AvgIpc) is 2.51. The van der Waals surface area contributed by atoms with Crippen LogP contribution in [-0.4, -0.2) is 59.5 Å². The van der Waals surface area contributed by atoms with Crippen LogP contribution in [0.4, 0.5) is 5.69 Å². The van der Waals surface area contributed by atoms with E-state index in [9.17, 15) is 14.7 Å². The molecular weight excluding hydrogens is 335 g/mol. The molecule has 0 saturated heterocycles. The van der Waals surface area contributed by atoms with Gasteiger partial charge in [-0.3, -0.25) is 9.59 Å². The SMILES string of the molecule is CCCC(=O)Nc1ccc(OCC(O)CNC(C)C)c(C(C)=O)c1.[AlH3]. The summed E-state index contributed by atoms with van der Waals surface area (Å²) < 4.78 is 5.58. The van der Waals surface area contributed by atoms with Crippen LogP contribution in [0.25, 0.3) is 0 Å². The lowest BCUT2D eigenvalue weighted by molar-refractivity contribution is -0.116. The van der Waals surface area contributed by atoms with Crippen molar-refractivity contribution in [1.82, 2.24) is 5.32 Å². The van der Waals surface area contributed by atoms with Crippen molar-refractivity contribution in [2.45, 2.75) is 52.7 Å². The summed E-state index contributed by atoms with van der Waals surface area (Å²) in [7, 11) is 0. The second-order valence-electron chi connectivity index (χ2n) is 6.09. The second kappa shape index (κ2) is 12.0. The highest BCUT2D eigenvalue weighted by molar-refractivity contribution is 5.99. The minimum atomic E-state index is -0.670. The molecule has 0 spiro atoms. The molecule has 1 rings (SSSR count). The molecule has 140 valence electrons. The van der Waals surface area contributed by atoms with Crippen LogP contribution in [0, 0.1) is 0 Å². The van der Waals surface area contributed by atoms with Gasteiger partial charge in [-0.15, -0.1) is 0 Å². The Balaban J connectivity index is 0.00000576. The number of ketones is 1. The van der Waals surface area contributed by atoms with Gasteiger partial charge in [0.05, 0.1) is 5.56 Å². The van der Waals surface area contributed by atoms with Gasteiger partial charge in [0.2, 0.25) is 5.91 Å². The Bertz CT molecular complexity index is 564. The molecule has 0 heterocycles. The van der Waals surface area contributed by atoms with Crippen molar-refractivity contribution >= 4 is 34.7 Å². The topological polar surface area (TPSA) is 87.7 Å². The number of benzene rings is 1. The molecule has 1 aromatic rings. The number of nitrogens with one attached hydrogen (secondary N) is 2. The molecule has 0 aliphatic heterocycles. The monoisotopic (exact) mass is 366 g/mol. The summed E-state index contributed by atoms with van der Waals surface area (Å²) in [6.07, 6.45) is 0.522. The molecular formula is C18H31AlN2O4. The van der Waals surface area contributed by atoms with Crippen LogP contribution in [0.5, 0.6) is 5.75 Å². The van der Waals surface area contributed by atoms with Gasteiger partial charge in [0.15, 0.2) is 23.1 Å². The molecule has 0 aromatic heterocycles. The van der Waals surface area contributed by atoms with E-state index in [4.69, 9.17) is 4.74 Å². The Morgan fingerprint density at radius 1 is 1.28 bits per heavy atom. The first-order valence-electron chi connectivity index (χ1n) is 8.32. The summed E-state index contributed by atoms with van der Waals surface area (Å²) in [6, 6.07) is 5.21. The molecule has 0 saturated carbocycles. The minimum absolute atomic E-state index is 0. The number of amides is 1. The maximum absolute atomic E-state index is 11.8. The van der Waals surface area contributed by atoms with E-state index < -0.39 is 6.10 Å². The number of aliphatic hydroxyl groups excluding tert-OH is 1. The van der Waals surface area contributed by atoms with Gasteiger partial charge in [-0.25, -0.2) is 0 Å². The van der Waals surface area contributed by atoms with Crippen molar-refractivity contribution in [2.75, 3.05) is 18.5 Å². The standard InChI is InChI=1S/C18H28N2O4.Al.3H/c1-5-6-18(23)20-14-7-8-17(16(9-14)13(4)21)24-11-15(22)10-19-12(2)3;;;;/h7-9,12,15,19,22H,5-6,10-11H2,1-4H3,(H,20,23);;;;. The molecule has 0 aliphatic rings. The van der Waals surface area contributed by atoms with E-state index in [0.717, 1.165) is 6.42 Å². The van der Waals surface area contributed by atoms with Gasteiger partial charge < -0.3 is 20.5 Å². The van der Waals surface area contributed by atoms with Gasteiger partial charge in [0.25, 0.3) is 0 Å². The quantitative estimate of drug-likeness (QED) is 0.428. The summed E-state index contributed by atoms with van der Waals surface area (Å²) in [6.45, 7) is 7.85. The highest BCUT2D eigenvalue weighted by Gasteiger charge is 2.13. The van der Waals surface area contributed by atoms with Gasteiger partial charge in [0, 0.05) is 24.7 Å². The van der Waals surface area contributed by atoms with E-state index in [0.29, 0.717) is 30.0 Å². The number of carbonyl (C=O) groups is 2. The highest BCUT2D eigenvalue weighted by Crippen LogP contribution is 2.24. The van der Waals surface area contributed by atoms with Crippen LogP contribution >= 0.6 is 0 Å². The third kappa shape index (κ3) is 9.03. The molecule has 1 atom stereocenters. The highest BCUT2D eigenvalue weighted by atomic mass is 27.0. The number of Topliss-reactive ketones (excluding diaryl/α,β-unsaturated/α-hetero) is 1. The summed E-state index contributed by atoms with van der Waals surface area (Å²) >= 11 is 0. The molecule has 3 N–H and O–H groups in total. The molecule has 1 unspecified atom stereocenters. The number of ether oxygens (including phenoxy) is 1. The molecule has 0 radical (unpaired) electrons. The molecule has 1 amide bonds. The van der Waals surface area contributed by atoms with Crippen LogP contribution in [0.1, 0.15) is 50.9 Å². The van der Waals surface area contributed by atoms with E-state index in [2.05, 4.69) is 10.6 Å². The second-order valence-corrected chi connectivity index (χ2v) is 6.09. The first kappa shape index (κ1) is 23.6. The number of anilines is 1. The first-order valence-corrected chi connectivity index (χ1v) is 8.32. The summed E-state index contributed by atoms with van der Waals surface area (Å²) in [4.78, 5) is 23.5. The van der Waals surface area contributed by atoms with E-state index in [1.165, 1.54) is 6.92 Å². The number of hydrogen-bond donors (Lipinski definition) is 3. The van der Waals surface area contributed by atoms with Crippen molar-refractivity contribution in [3.8, 4) is 5.75 Å². The van der Waals surface area contributed by atoms with Crippen molar-refractivity contribution in [2.24, 2.45) is 0 Å². The molecule has 25 heavy (non-hydrogen) atoms. The molecule has 6 nitrogen and oxygen atoms in total. The Morgan fingerprint density at radius 2 is 1.96 bits per heavy atom. The largest absolute Gasteiger partial charge is 0.490 e. The van der Waals surface area contributed by atoms with Gasteiger partial charge >= 0.3 is 0 Å². The lowest BCUT2D eigenvalue weighted by Crippen LogP contribution is -2.35. The summed E-state index contributed by atoms with van der Waals surface area (Å²) in [5.74, 6) is 0.154. The lowest BCUT2D eigenvalue weighted by atomic mass is 10.1. The predicted molar refractivity (Wildman–Crippen MR) is 105 cm³/mol. The molecule has 0 fully saturated rings. The van der Waals surface area contributed by atoms with Crippen molar-refractivity contribution in [1.29, 1.82) is 0 Å². The Labute approximate surface area is 160 Å². The smallest absolute Gasteiger partial charge is 0.224 e. The number of aliphatic hydroxyl groups is 1. The summed E-state index contributed by atoms with van der Waals surface area (Å²) in [5.41, 5.74) is 0.946.